The van der Waals surface area contributed by atoms with Crippen molar-refractivity contribution in [1.29, 1.82) is 0 Å². The van der Waals surface area contributed by atoms with Crippen LogP contribution in [0.4, 0.5) is 0 Å². The Morgan fingerprint density at radius 3 is 2.56 bits per heavy atom. The lowest BCUT2D eigenvalue weighted by molar-refractivity contribution is -0.135. The number of carbonyl (C=O) groups excluding carboxylic acids is 2. The number of rotatable bonds is 6. The summed E-state index contributed by atoms with van der Waals surface area (Å²) in [6, 6.07) is 13.8. The van der Waals surface area contributed by atoms with Gasteiger partial charge in [0.2, 0.25) is 5.91 Å². The normalized spacial score (nSPS) is 15.1. The van der Waals surface area contributed by atoms with E-state index in [-0.39, 0.29) is 17.7 Å². The van der Waals surface area contributed by atoms with Gasteiger partial charge in [0.25, 0.3) is 5.91 Å². The second-order valence-electron chi connectivity index (χ2n) is 7.20. The maximum absolute atomic E-state index is 13.0. The van der Waals surface area contributed by atoms with Crippen LogP contribution in [0.25, 0.3) is 10.8 Å². The van der Waals surface area contributed by atoms with Gasteiger partial charge in [0, 0.05) is 51.9 Å². The van der Waals surface area contributed by atoms with Crippen LogP contribution in [-0.2, 0) is 9.53 Å². The monoisotopic (exact) mass is 368 g/mol. The lowest BCUT2D eigenvalue weighted by Crippen LogP contribution is -2.43. The summed E-state index contributed by atoms with van der Waals surface area (Å²) in [6.45, 7) is 2.63. The van der Waals surface area contributed by atoms with Crippen molar-refractivity contribution >= 4 is 22.6 Å². The zero-order valence-corrected chi connectivity index (χ0v) is 16.2. The molecule has 3 rings (SSSR count). The molecule has 0 unspecified atom stereocenters. The molecule has 1 aliphatic heterocycles. The summed E-state index contributed by atoms with van der Waals surface area (Å²) in [5.74, 6) is 0.253. The quantitative estimate of drug-likeness (QED) is 0.736. The van der Waals surface area contributed by atoms with Crippen LogP contribution in [-0.4, -0.2) is 62.0 Å². The van der Waals surface area contributed by atoms with Crippen molar-refractivity contribution in [2.75, 3.05) is 40.4 Å². The summed E-state index contributed by atoms with van der Waals surface area (Å²) in [4.78, 5) is 29.3. The van der Waals surface area contributed by atoms with Gasteiger partial charge >= 0.3 is 0 Å². The predicted octanol–water partition coefficient (Wildman–Crippen LogP) is 3.19. The molecular weight excluding hydrogens is 340 g/mol. The molecule has 27 heavy (non-hydrogen) atoms. The number of nitrogens with zero attached hydrogens (tertiary/aromatic N) is 2. The molecule has 2 aromatic carbocycles. The summed E-state index contributed by atoms with van der Waals surface area (Å²) < 4.78 is 5.05. The first kappa shape index (κ1) is 19.4. The minimum atomic E-state index is 0.00844. The number of fused-ring (bicyclic) bond motifs is 1. The van der Waals surface area contributed by atoms with Gasteiger partial charge in [-0.3, -0.25) is 9.59 Å². The Balaban J connectivity index is 1.60. The van der Waals surface area contributed by atoms with E-state index in [0.29, 0.717) is 26.2 Å². The molecule has 1 aliphatic rings. The van der Waals surface area contributed by atoms with Gasteiger partial charge in [0.15, 0.2) is 0 Å². The highest BCUT2D eigenvalue weighted by Gasteiger charge is 2.29. The van der Waals surface area contributed by atoms with Gasteiger partial charge in [0.1, 0.15) is 0 Å². The molecule has 5 heteroatoms. The van der Waals surface area contributed by atoms with E-state index in [1.165, 1.54) is 0 Å². The Hall–Kier alpha value is -2.40. The van der Waals surface area contributed by atoms with Crippen molar-refractivity contribution in [2.45, 2.75) is 19.3 Å². The highest BCUT2D eigenvalue weighted by molar-refractivity contribution is 6.07. The van der Waals surface area contributed by atoms with Gasteiger partial charge < -0.3 is 14.5 Å². The third-order valence-corrected chi connectivity index (χ3v) is 5.37. The molecule has 5 nitrogen and oxygen atoms in total. The van der Waals surface area contributed by atoms with Gasteiger partial charge in [-0.15, -0.1) is 0 Å². The predicted molar refractivity (Wildman–Crippen MR) is 107 cm³/mol. The number of hydrogen-bond donors (Lipinski definition) is 0. The third-order valence-electron chi connectivity index (χ3n) is 5.37. The Morgan fingerprint density at radius 2 is 1.81 bits per heavy atom. The SMILES string of the molecule is COCCCN(C)C(=O)C1CCN(C(=O)c2cccc3ccccc23)CC1. The molecule has 0 bridgehead atoms. The fraction of sp³-hybridized carbons (Fsp3) is 0.455. The van der Waals surface area contributed by atoms with Crippen molar-refractivity contribution < 1.29 is 14.3 Å². The van der Waals surface area contributed by atoms with E-state index in [0.717, 1.165) is 35.6 Å². The van der Waals surface area contributed by atoms with Crippen LogP contribution >= 0.6 is 0 Å². The zero-order valence-electron chi connectivity index (χ0n) is 16.2. The average Bonchev–Trinajstić information content (AvgIpc) is 2.72. The number of piperidine rings is 1. The molecular formula is C22H28N2O3. The standard InChI is InChI=1S/C22H28N2O3/c1-23(13-6-16-27-2)21(25)18-11-14-24(15-12-18)22(26)20-10-5-8-17-7-3-4-9-19(17)20/h3-5,7-10,18H,6,11-16H2,1-2H3. The van der Waals surface area contributed by atoms with Gasteiger partial charge in [-0.25, -0.2) is 0 Å². The van der Waals surface area contributed by atoms with E-state index in [2.05, 4.69) is 0 Å². The molecule has 1 saturated heterocycles. The van der Waals surface area contributed by atoms with Crippen LogP contribution in [0.15, 0.2) is 42.5 Å². The molecule has 1 fully saturated rings. The maximum atomic E-state index is 13.0. The lowest BCUT2D eigenvalue weighted by Gasteiger charge is -2.33. The van der Waals surface area contributed by atoms with Crippen molar-refractivity contribution in [2.24, 2.45) is 5.92 Å². The average molecular weight is 368 g/mol. The Kier molecular flexibility index (Phi) is 6.45. The van der Waals surface area contributed by atoms with Crippen LogP contribution in [0.1, 0.15) is 29.6 Å². The van der Waals surface area contributed by atoms with Crippen LogP contribution < -0.4 is 0 Å². The highest BCUT2D eigenvalue weighted by atomic mass is 16.5. The Labute approximate surface area is 160 Å². The smallest absolute Gasteiger partial charge is 0.254 e. The first-order valence-corrected chi connectivity index (χ1v) is 9.62. The molecule has 0 spiro atoms. The van der Waals surface area contributed by atoms with Crippen molar-refractivity contribution in [1.82, 2.24) is 9.80 Å². The van der Waals surface area contributed by atoms with Crippen molar-refractivity contribution in [3.05, 3.63) is 48.0 Å². The van der Waals surface area contributed by atoms with Crippen LogP contribution in [0.3, 0.4) is 0 Å². The second kappa shape index (κ2) is 9.00. The fourth-order valence-corrected chi connectivity index (χ4v) is 3.78. The number of amides is 2. The minimum Gasteiger partial charge on any atom is -0.385 e. The van der Waals surface area contributed by atoms with E-state index in [9.17, 15) is 9.59 Å². The molecule has 1 heterocycles. The molecule has 0 atom stereocenters. The third kappa shape index (κ3) is 4.48. The zero-order chi connectivity index (χ0) is 19.2. The number of benzene rings is 2. The number of ether oxygens (including phenoxy) is 1. The minimum absolute atomic E-state index is 0.00844. The first-order chi connectivity index (χ1) is 13.1. The maximum Gasteiger partial charge on any atom is 0.254 e. The first-order valence-electron chi connectivity index (χ1n) is 9.62. The van der Waals surface area contributed by atoms with E-state index in [1.807, 2.05) is 54.4 Å². The largest absolute Gasteiger partial charge is 0.385 e. The van der Waals surface area contributed by atoms with Crippen molar-refractivity contribution in [3.63, 3.8) is 0 Å². The summed E-state index contributed by atoms with van der Waals surface area (Å²) >= 11 is 0. The Bertz CT molecular complexity index is 792. The second-order valence-corrected chi connectivity index (χ2v) is 7.20. The summed E-state index contributed by atoms with van der Waals surface area (Å²) in [6.07, 6.45) is 2.30. The van der Waals surface area contributed by atoms with E-state index in [4.69, 9.17) is 4.74 Å². The van der Waals surface area contributed by atoms with Gasteiger partial charge in [-0.2, -0.15) is 0 Å². The molecule has 144 valence electrons. The molecule has 0 saturated carbocycles. The van der Waals surface area contributed by atoms with Crippen LogP contribution in [0.5, 0.6) is 0 Å². The summed E-state index contributed by atoms with van der Waals surface area (Å²) in [5.41, 5.74) is 0.745. The van der Waals surface area contributed by atoms with E-state index >= 15 is 0 Å². The topological polar surface area (TPSA) is 49.9 Å². The van der Waals surface area contributed by atoms with Gasteiger partial charge in [-0.05, 0) is 36.1 Å². The molecule has 0 N–H and O–H groups in total. The Morgan fingerprint density at radius 1 is 1.11 bits per heavy atom. The van der Waals surface area contributed by atoms with Gasteiger partial charge in [-0.1, -0.05) is 36.4 Å². The van der Waals surface area contributed by atoms with Crippen LogP contribution in [0.2, 0.25) is 0 Å². The number of carbonyl (C=O) groups is 2. The molecule has 2 amide bonds. The lowest BCUT2D eigenvalue weighted by atomic mass is 9.94. The number of methoxy groups -OCH3 is 1. The number of hydrogen-bond acceptors (Lipinski definition) is 3. The number of likely N-dealkylation sites (tertiary alicyclic amines) is 1. The molecule has 0 aliphatic carbocycles. The fourth-order valence-electron chi connectivity index (χ4n) is 3.78. The van der Waals surface area contributed by atoms with E-state index < -0.39 is 0 Å². The van der Waals surface area contributed by atoms with E-state index in [1.54, 1.807) is 12.0 Å². The molecule has 0 aromatic heterocycles. The highest BCUT2D eigenvalue weighted by Crippen LogP contribution is 2.24. The van der Waals surface area contributed by atoms with Gasteiger partial charge in [0.05, 0.1) is 0 Å². The van der Waals surface area contributed by atoms with Crippen LogP contribution in [0, 0.1) is 5.92 Å². The van der Waals surface area contributed by atoms with Crippen molar-refractivity contribution in [3.8, 4) is 0 Å². The molecule has 2 aromatic rings. The molecule has 0 radical (unpaired) electrons. The summed E-state index contributed by atoms with van der Waals surface area (Å²) in [5, 5.41) is 2.06. The summed E-state index contributed by atoms with van der Waals surface area (Å²) in [7, 11) is 3.52.